The number of hydrogen-bond donors (Lipinski definition) is 1. The molecule has 0 unspecified atom stereocenters. The molecule has 0 atom stereocenters. The number of nitrogens with zero attached hydrogens (tertiary/aromatic N) is 1. The van der Waals surface area contributed by atoms with Gasteiger partial charge in [-0.3, -0.25) is 0 Å². The molecule has 0 radical (unpaired) electrons. The minimum atomic E-state index is 0.934. The fraction of sp³-hybridized carbons (Fsp3) is 0.357. The Morgan fingerprint density at radius 2 is 2.28 bits per heavy atom. The van der Waals surface area contributed by atoms with Crippen LogP contribution in [0, 0.1) is 6.92 Å². The molecule has 1 aromatic carbocycles. The van der Waals surface area contributed by atoms with Crippen LogP contribution in [-0.2, 0) is 12.3 Å². The molecule has 0 spiro atoms. The Morgan fingerprint density at radius 1 is 1.39 bits per heavy atom. The molecule has 2 nitrogen and oxygen atoms in total. The minimum Gasteiger partial charge on any atom is -0.312 e. The van der Waals surface area contributed by atoms with Crippen LogP contribution >= 0.6 is 23.1 Å². The summed E-state index contributed by atoms with van der Waals surface area (Å²) in [4.78, 5) is 7.10. The molecule has 96 valence electrons. The summed E-state index contributed by atoms with van der Waals surface area (Å²) >= 11 is 3.65. The van der Waals surface area contributed by atoms with Crippen LogP contribution in [0.2, 0.25) is 0 Å². The second-order valence-electron chi connectivity index (χ2n) is 4.11. The zero-order valence-corrected chi connectivity index (χ0v) is 12.4. The van der Waals surface area contributed by atoms with E-state index in [1.807, 2.05) is 18.0 Å². The number of thiazole rings is 1. The van der Waals surface area contributed by atoms with E-state index < -0.39 is 0 Å². The Labute approximate surface area is 117 Å². The third kappa shape index (κ3) is 4.12. The van der Waals surface area contributed by atoms with Crippen molar-refractivity contribution in [1.29, 1.82) is 0 Å². The normalized spacial score (nSPS) is 10.8. The van der Waals surface area contributed by atoms with Gasteiger partial charge in [0.1, 0.15) is 5.01 Å². The van der Waals surface area contributed by atoms with Gasteiger partial charge in [0.05, 0.1) is 5.75 Å². The molecule has 1 heterocycles. The quantitative estimate of drug-likeness (QED) is 0.812. The van der Waals surface area contributed by atoms with Crippen LogP contribution in [0.25, 0.3) is 0 Å². The van der Waals surface area contributed by atoms with Gasteiger partial charge in [0.25, 0.3) is 0 Å². The maximum absolute atomic E-state index is 4.46. The molecule has 2 rings (SSSR count). The zero-order chi connectivity index (χ0) is 12.8. The lowest BCUT2D eigenvalue weighted by Crippen LogP contribution is -2.10. The molecule has 2 aromatic rings. The molecule has 0 aliphatic heterocycles. The molecular formula is C14H18N2S2. The van der Waals surface area contributed by atoms with E-state index in [1.165, 1.54) is 20.3 Å². The fourth-order valence-corrected chi connectivity index (χ4v) is 3.50. The Kier molecular flexibility index (Phi) is 5.23. The van der Waals surface area contributed by atoms with Gasteiger partial charge in [0.15, 0.2) is 0 Å². The first kappa shape index (κ1) is 13.6. The van der Waals surface area contributed by atoms with Crippen LogP contribution in [0.4, 0.5) is 0 Å². The Bertz CT molecular complexity index is 494. The third-order valence-corrected chi connectivity index (χ3v) is 4.69. The Morgan fingerprint density at radius 3 is 3.06 bits per heavy atom. The van der Waals surface area contributed by atoms with E-state index in [-0.39, 0.29) is 0 Å². The monoisotopic (exact) mass is 278 g/mol. The lowest BCUT2D eigenvalue weighted by atomic mass is 10.2. The average Bonchev–Trinajstić information content (AvgIpc) is 2.82. The van der Waals surface area contributed by atoms with Crippen LogP contribution in [0.5, 0.6) is 0 Å². The van der Waals surface area contributed by atoms with E-state index in [4.69, 9.17) is 0 Å². The van der Waals surface area contributed by atoms with Crippen molar-refractivity contribution in [3.05, 3.63) is 45.9 Å². The highest BCUT2D eigenvalue weighted by molar-refractivity contribution is 7.98. The van der Waals surface area contributed by atoms with Gasteiger partial charge in [-0.2, -0.15) is 0 Å². The number of benzene rings is 1. The molecule has 0 fully saturated rings. The Hall–Kier alpha value is -0.840. The standard InChI is InChI=1S/C14H18N2S2/c1-3-15-8-13-9-16-14(18-13)10-17-12-6-4-5-11(2)7-12/h4-7,9,15H,3,8,10H2,1-2H3. The number of rotatable bonds is 6. The first-order valence-electron chi connectivity index (χ1n) is 6.11. The lowest BCUT2D eigenvalue weighted by Gasteiger charge is -2.00. The van der Waals surface area contributed by atoms with E-state index in [0.29, 0.717) is 0 Å². The van der Waals surface area contributed by atoms with E-state index in [1.54, 1.807) is 11.3 Å². The molecule has 1 N–H and O–H groups in total. The molecule has 0 aliphatic carbocycles. The first-order chi connectivity index (χ1) is 8.78. The summed E-state index contributed by atoms with van der Waals surface area (Å²) in [6.07, 6.45) is 1.99. The number of hydrogen-bond acceptors (Lipinski definition) is 4. The SMILES string of the molecule is CCNCc1cnc(CSc2cccc(C)c2)s1. The lowest BCUT2D eigenvalue weighted by molar-refractivity contribution is 0.734. The van der Waals surface area contributed by atoms with Gasteiger partial charge in [0.2, 0.25) is 0 Å². The molecule has 0 saturated carbocycles. The molecule has 18 heavy (non-hydrogen) atoms. The molecule has 0 bridgehead atoms. The maximum atomic E-state index is 4.46. The number of thioether (sulfide) groups is 1. The van der Waals surface area contributed by atoms with Gasteiger partial charge in [-0.1, -0.05) is 24.6 Å². The van der Waals surface area contributed by atoms with Gasteiger partial charge in [-0.15, -0.1) is 23.1 Å². The van der Waals surface area contributed by atoms with Crippen molar-refractivity contribution in [3.8, 4) is 0 Å². The zero-order valence-electron chi connectivity index (χ0n) is 10.8. The summed E-state index contributed by atoms with van der Waals surface area (Å²) in [7, 11) is 0. The smallest absolute Gasteiger partial charge is 0.103 e. The van der Waals surface area contributed by atoms with Crippen LogP contribution in [0.3, 0.4) is 0 Å². The van der Waals surface area contributed by atoms with Crippen LogP contribution in [0.1, 0.15) is 22.4 Å². The summed E-state index contributed by atoms with van der Waals surface area (Å²) < 4.78 is 0. The van der Waals surface area contributed by atoms with Crippen LogP contribution in [-0.4, -0.2) is 11.5 Å². The predicted molar refractivity (Wildman–Crippen MR) is 80.2 cm³/mol. The molecule has 0 amide bonds. The van der Waals surface area contributed by atoms with E-state index >= 15 is 0 Å². The highest BCUT2D eigenvalue weighted by atomic mass is 32.2. The second-order valence-corrected chi connectivity index (χ2v) is 6.35. The number of nitrogens with one attached hydrogen (secondary N) is 1. The number of aromatic nitrogens is 1. The van der Waals surface area contributed by atoms with E-state index in [9.17, 15) is 0 Å². The summed E-state index contributed by atoms with van der Waals surface area (Å²) in [6.45, 7) is 6.19. The largest absolute Gasteiger partial charge is 0.312 e. The molecule has 0 aliphatic rings. The molecular weight excluding hydrogens is 260 g/mol. The van der Waals surface area contributed by atoms with Crippen LogP contribution in [0.15, 0.2) is 35.4 Å². The third-order valence-electron chi connectivity index (χ3n) is 2.50. The van der Waals surface area contributed by atoms with Crippen LogP contribution < -0.4 is 5.32 Å². The van der Waals surface area contributed by atoms with Crippen molar-refractivity contribution in [2.24, 2.45) is 0 Å². The van der Waals surface area contributed by atoms with Crippen molar-refractivity contribution in [2.75, 3.05) is 6.54 Å². The van der Waals surface area contributed by atoms with Gasteiger partial charge in [0, 0.05) is 22.5 Å². The summed E-state index contributed by atoms with van der Waals surface area (Å²) in [5.74, 6) is 0.959. The van der Waals surface area contributed by atoms with Crippen molar-refractivity contribution < 1.29 is 0 Å². The van der Waals surface area contributed by atoms with Crippen molar-refractivity contribution in [3.63, 3.8) is 0 Å². The van der Waals surface area contributed by atoms with Crippen molar-refractivity contribution in [2.45, 2.75) is 31.0 Å². The average molecular weight is 278 g/mol. The number of aryl methyl sites for hydroxylation is 1. The van der Waals surface area contributed by atoms with Gasteiger partial charge < -0.3 is 5.32 Å². The van der Waals surface area contributed by atoms with E-state index in [2.05, 4.69) is 48.4 Å². The highest BCUT2D eigenvalue weighted by Crippen LogP contribution is 2.25. The summed E-state index contributed by atoms with van der Waals surface area (Å²) in [6, 6.07) is 8.61. The minimum absolute atomic E-state index is 0.934. The molecule has 4 heteroatoms. The van der Waals surface area contributed by atoms with Crippen molar-refractivity contribution in [1.82, 2.24) is 10.3 Å². The Balaban J connectivity index is 1.88. The molecule has 0 saturated heterocycles. The van der Waals surface area contributed by atoms with Crippen molar-refractivity contribution >= 4 is 23.1 Å². The topological polar surface area (TPSA) is 24.9 Å². The van der Waals surface area contributed by atoms with Gasteiger partial charge >= 0.3 is 0 Å². The molecule has 1 aromatic heterocycles. The van der Waals surface area contributed by atoms with Gasteiger partial charge in [-0.25, -0.2) is 4.98 Å². The highest BCUT2D eigenvalue weighted by Gasteiger charge is 2.02. The summed E-state index contributed by atoms with van der Waals surface area (Å²) in [5.41, 5.74) is 1.31. The predicted octanol–water partition coefficient (Wildman–Crippen LogP) is 3.85. The second kappa shape index (κ2) is 6.92. The first-order valence-corrected chi connectivity index (χ1v) is 7.92. The van der Waals surface area contributed by atoms with Gasteiger partial charge in [-0.05, 0) is 25.6 Å². The fourth-order valence-electron chi connectivity index (χ4n) is 1.59. The maximum Gasteiger partial charge on any atom is 0.103 e. The summed E-state index contributed by atoms with van der Waals surface area (Å²) in [5, 5.41) is 4.53. The van der Waals surface area contributed by atoms with E-state index in [0.717, 1.165) is 18.8 Å².